The van der Waals surface area contributed by atoms with Crippen molar-refractivity contribution in [1.82, 2.24) is 23.7 Å². The third-order valence-corrected chi connectivity index (χ3v) is 14.3. The van der Waals surface area contributed by atoms with Crippen molar-refractivity contribution in [3.8, 4) is 39.6 Å². The number of aromatic nitrogens is 3. The molecule has 9 aromatic rings. The largest absolute Gasteiger partial charge is 2.00 e. The fourth-order valence-electron chi connectivity index (χ4n) is 9.71. The van der Waals surface area contributed by atoms with Gasteiger partial charge in [0.2, 0.25) is 5.69 Å². The number of nitrogens with zero attached hydrogens (tertiary/aromatic N) is 5. The minimum Gasteiger partial charge on any atom is -0.509 e. The first-order chi connectivity index (χ1) is 34.3. The van der Waals surface area contributed by atoms with Gasteiger partial charge in [-0.3, -0.25) is 4.98 Å². The Labute approximate surface area is 453 Å². The van der Waals surface area contributed by atoms with Crippen LogP contribution in [0, 0.1) is 12.1 Å². The van der Waals surface area contributed by atoms with Crippen molar-refractivity contribution in [2.75, 3.05) is 0 Å². The molecule has 3 aromatic heterocycles. The van der Waals surface area contributed by atoms with Gasteiger partial charge in [-0.05, 0) is 118 Å². The Morgan fingerprint density at radius 1 is 0.486 bits per heavy atom. The molecule has 4 heterocycles. The van der Waals surface area contributed by atoms with Gasteiger partial charge in [-0.15, -0.1) is 23.6 Å². The van der Waals surface area contributed by atoms with E-state index in [1.54, 1.807) is 0 Å². The summed E-state index contributed by atoms with van der Waals surface area (Å²) in [6, 6.07) is 57.3. The third kappa shape index (κ3) is 10.1. The van der Waals surface area contributed by atoms with E-state index in [9.17, 15) is 0 Å². The van der Waals surface area contributed by atoms with Gasteiger partial charge >= 0.3 is 32.8 Å². The number of benzene rings is 6. The zero-order valence-corrected chi connectivity index (χ0v) is 48.1. The summed E-state index contributed by atoms with van der Waals surface area (Å²) >= 11 is 0. The number of hydrogen-bond donors (Lipinski definition) is 0. The molecule has 0 fully saturated rings. The maximum Gasteiger partial charge on any atom is 2.00 e. The number of para-hydroxylation sites is 1. The molecule has 10 rings (SSSR count). The first-order valence-electron chi connectivity index (χ1n) is 25.7. The molecule has 6 aromatic carbocycles. The minimum absolute atomic E-state index is 0. The number of hydrogen-bond acceptors (Lipinski definition) is 3. The molecule has 0 saturated carbocycles. The Hall–Kier alpha value is -6.71. The van der Waals surface area contributed by atoms with E-state index in [4.69, 9.17) is 9.72 Å². The minimum atomic E-state index is -0.0700. The van der Waals surface area contributed by atoms with Crippen LogP contribution in [0.4, 0.5) is 22.7 Å². The molecule has 1 aliphatic rings. The Bertz CT molecular complexity index is 3640. The van der Waals surface area contributed by atoms with Crippen LogP contribution in [0.3, 0.4) is 0 Å². The molecule has 0 spiro atoms. The van der Waals surface area contributed by atoms with E-state index in [1.165, 1.54) is 38.9 Å². The van der Waals surface area contributed by atoms with Crippen LogP contribution in [0.25, 0.3) is 49.9 Å². The fourth-order valence-corrected chi connectivity index (χ4v) is 9.71. The number of rotatable bonds is 7. The third-order valence-electron chi connectivity index (χ3n) is 14.3. The second-order valence-corrected chi connectivity index (χ2v) is 25.1. The summed E-state index contributed by atoms with van der Waals surface area (Å²) in [5, 5.41) is 2.20. The average molecular weight is 1160 g/mol. The van der Waals surface area contributed by atoms with E-state index in [1.807, 2.05) is 36.8 Å². The van der Waals surface area contributed by atoms with E-state index in [0.29, 0.717) is 11.5 Å². The Morgan fingerprint density at radius 3 is 1.70 bits per heavy atom. The van der Waals surface area contributed by atoms with Gasteiger partial charge in [-0.25, -0.2) is 4.98 Å². The predicted molar refractivity (Wildman–Crippen MR) is 306 cm³/mol. The van der Waals surface area contributed by atoms with E-state index < -0.39 is 0 Å². The van der Waals surface area contributed by atoms with Crippen LogP contribution in [0.15, 0.2) is 146 Å². The van der Waals surface area contributed by atoms with Gasteiger partial charge in [-0.2, -0.15) is 12.1 Å². The molecule has 0 amide bonds. The molecular formula is C67H69N5OPt+2. The molecule has 0 saturated heterocycles. The van der Waals surface area contributed by atoms with Gasteiger partial charge in [0.1, 0.15) is 11.5 Å². The van der Waals surface area contributed by atoms with E-state index >= 15 is 0 Å². The van der Waals surface area contributed by atoms with Crippen LogP contribution in [0.2, 0.25) is 0 Å². The fraction of sp³-hybridized carbons (Fsp3) is 0.299. The average Bonchev–Trinajstić information content (AvgIpc) is 3.89. The molecule has 0 atom stereocenters. The first-order valence-corrected chi connectivity index (χ1v) is 25.7. The molecule has 0 radical (unpaired) electrons. The van der Waals surface area contributed by atoms with Crippen molar-refractivity contribution in [2.24, 2.45) is 0 Å². The maximum atomic E-state index is 6.81. The molecule has 74 heavy (non-hydrogen) atoms. The normalized spacial score (nSPS) is 13.2. The van der Waals surface area contributed by atoms with Crippen molar-refractivity contribution in [1.29, 1.82) is 0 Å². The summed E-state index contributed by atoms with van der Waals surface area (Å²) in [5.41, 5.74) is 16.6. The molecular weight excluding hydrogens is 1090 g/mol. The molecule has 0 N–H and O–H groups in total. The van der Waals surface area contributed by atoms with Crippen molar-refractivity contribution in [3.63, 3.8) is 0 Å². The van der Waals surface area contributed by atoms with E-state index in [-0.39, 0.29) is 48.1 Å². The number of pyridine rings is 2. The second-order valence-electron chi connectivity index (χ2n) is 25.1. The Balaban J connectivity index is 0.00000672. The molecule has 6 nitrogen and oxygen atoms in total. The van der Waals surface area contributed by atoms with Crippen LogP contribution < -0.4 is 13.9 Å². The molecule has 1 aliphatic heterocycles. The monoisotopic (exact) mass is 1150 g/mol. The number of ether oxygens (including phenoxy) is 1. The molecule has 376 valence electrons. The van der Waals surface area contributed by atoms with Crippen LogP contribution in [0.1, 0.15) is 132 Å². The maximum absolute atomic E-state index is 6.81. The molecule has 0 bridgehead atoms. The van der Waals surface area contributed by atoms with Crippen LogP contribution in [0.5, 0.6) is 11.5 Å². The van der Waals surface area contributed by atoms with E-state index in [2.05, 4.69) is 250 Å². The van der Waals surface area contributed by atoms with Crippen molar-refractivity contribution in [3.05, 3.63) is 186 Å². The smallest absolute Gasteiger partial charge is 0.509 e. The van der Waals surface area contributed by atoms with Crippen molar-refractivity contribution in [2.45, 2.75) is 131 Å². The molecule has 7 heteroatoms. The summed E-state index contributed by atoms with van der Waals surface area (Å²) < 4.78 is 13.4. The predicted octanol–water partition coefficient (Wildman–Crippen LogP) is 17.6. The first kappa shape index (κ1) is 52.2. The zero-order valence-electron chi connectivity index (χ0n) is 45.8. The molecule has 0 unspecified atom stereocenters. The summed E-state index contributed by atoms with van der Waals surface area (Å²) in [7, 11) is 0. The standard InChI is InChI=1S/C67H69N5O.Pt/c1-63(2,3)46-28-31-69-61(39-46)72-58-25-22-44(45-32-47(64(4,5)6)35-48(33-45)65(7,8)9)34-57(58)56-24-23-54(41-60(56)72)73-53-19-16-18-51(40-53)70-42-71(52-37-49(66(10,11)12)36-50(38-52)67(13,14)15)62-55(20-17-21-59(62)70)43-26-29-68-30-27-43;/h16-39H,1-15H3;/q;+2. The van der Waals surface area contributed by atoms with Gasteiger partial charge in [0.25, 0.3) is 5.69 Å². The van der Waals surface area contributed by atoms with E-state index in [0.717, 1.165) is 61.5 Å². The summed E-state index contributed by atoms with van der Waals surface area (Å²) in [6.45, 7) is 34.2. The Kier molecular flexibility index (Phi) is 13.3. The Morgan fingerprint density at radius 2 is 1.08 bits per heavy atom. The summed E-state index contributed by atoms with van der Waals surface area (Å²) in [4.78, 5) is 9.36. The van der Waals surface area contributed by atoms with Gasteiger partial charge < -0.3 is 9.30 Å². The zero-order chi connectivity index (χ0) is 52.0. The van der Waals surface area contributed by atoms with Gasteiger partial charge in [0, 0.05) is 53.8 Å². The SMILES string of the molecule is CC(C)(C)c1cc(-c2ccc3c(c2)c2ccc(Oc4[c-]c([N+]5=C=[N+](c6cc(C(C)(C)C)cc(C(C)(C)C)c6)c6c(-c7ccncc7)cccc65)ccc4)[c-]c2n3-c2cc(C(C)(C)C)ccn2)cc(C(C)(C)C)c1.[Pt+2]. The molecule has 0 aliphatic carbocycles. The quantitative estimate of drug-likeness (QED) is 0.118. The summed E-state index contributed by atoms with van der Waals surface area (Å²) in [6.07, 6.45) is 5.63. The van der Waals surface area contributed by atoms with Gasteiger partial charge in [0.15, 0.2) is 0 Å². The number of fused-ring (bicyclic) bond motifs is 4. The van der Waals surface area contributed by atoms with Crippen LogP contribution in [-0.4, -0.2) is 20.5 Å². The van der Waals surface area contributed by atoms with Crippen LogP contribution >= 0.6 is 0 Å². The van der Waals surface area contributed by atoms with Crippen molar-refractivity contribution >= 4 is 50.6 Å². The van der Waals surface area contributed by atoms with Gasteiger partial charge in [-0.1, -0.05) is 169 Å². The van der Waals surface area contributed by atoms with Crippen molar-refractivity contribution < 1.29 is 25.8 Å². The topological polar surface area (TPSA) is 46.0 Å². The van der Waals surface area contributed by atoms with Crippen LogP contribution in [-0.2, 0) is 48.1 Å². The second kappa shape index (κ2) is 18.9. The summed E-state index contributed by atoms with van der Waals surface area (Å²) in [5.74, 6) is 1.98. The van der Waals surface area contributed by atoms with Gasteiger partial charge in [0.05, 0.1) is 5.56 Å².